The lowest BCUT2D eigenvalue weighted by Gasteiger charge is -2.42. The standard InChI is InChI=1S/C19H38N2/c1-4-8-16-11-12-18(20-13-5-2)19(14-16)21(3)15-17-9-6-7-10-17/h16-20H,4-15H2,1-3H3. The zero-order valence-corrected chi connectivity index (χ0v) is 14.7. The molecule has 2 aliphatic rings. The summed E-state index contributed by atoms with van der Waals surface area (Å²) in [4.78, 5) is 2.73. The largest absolute Gasteiger partial charge is 0.312 e. The van der Waals surface area contributed by atoms with Crippen LogP contribution in [-0.4, -0.2) is 37.1 Å². The van der Waals surface area contributed by atoms with Crippen molar-refractivity contribution >= 4 is 0 Å². The van der Waals surface area contributed by atoms with Crippen LogP contribution in [-0.2, 0) is 0 Å². The van der Waals surface area contributed by atoms with E-state index in [1.807, 2.05) is 0 Å². The van der Waals surface area contributed by atoms with Crippen LogP contribution in [0.2, 0.25) is 0 Å². The van der Waals surface area contributed by atoms with Crippen LogP contribution in [0.3, 0.4) is 0 Å². The summed E-state index contributed by atoms with van der Waals surface area (Å²) in [7, 11) is 2.40. The second kappa shape index (κ2) is 9.15. The smallest absolute Gasteiger partial charge is 0.0249 e. The maximum absolute atomic E-state index is 3.85. The highest BCUT2D eigenvalue weighted by Crippen LogP contribution is 2.32. The van der Waals surface area contributed by atoms with E-state index in [0.29, 0.717) is 0 Å². The first kappa shape index (κ1) is 17.3. The van der Waals surface area contributed by atoms with E-state index in [1.54, 1.807) is 0 Å². The second-order valence-electron chi connectivity index (χ2n) is 7.69. The van der Waals surface area contributed by atoms with Gasteiger partial charge in [0.2, 0.25) is 0 Å². The lowest BCUT2D eigenvalue weighted by Crippen LogP contribution is -2.53. The Bertz CT molecular complexity index is 273. The van der Waals surface area contributed by atoms with Gasteiger partial charge in [0.05, 0.1) is 0 Å². The number of nitrogens with one attached hydrogen (secondary N) is 1. The zero-order chi connectivity index (χ0) is 15.1. The molecule has 2 rings (SSSR count). The Morgan fingerprint density at radius 3 is 2.38 bits per heavy atom. The van der Waals surface area contributed by atoms with Crippen LogP contribution in [0, 0.1) is 11.8 Å². The molecule has 1 N–H and O–H groups in total. The highest BCUT2D eigenvalue weighted by Gasteiger charge is 2.33. The molecular weight excluding hydrogens is 256 g/mol. The fourth-order valence-corrected chi connectivity index (χ4v) is 4.69. The Labute approximate surface area is 133 Å². The molecule has 2 heteroatoms. The van der Waals surface area contributed by atoms with Gasteiger partial charge in [-0.2, -0.15) is 0 Å². The van der Waals surface area contributed by atoms with Gasteiger partial charge >= 0.3 is 0 Å². The van der Waals surface area contributed by atoms with Gasteiger partial charge in [0, 0.05) is 18.6 Å². The third-order valence-corrected chi connectivity index (χ3v) is 5.87. The molecule has 0 radical (unpaired) electrons. The van der Waals surface area contributed by atoms with E-state index < -0.39 is 0 Å². The molecule has 0 aromatic rings. The number of likely N-dealkylation sites (N-methyl/N-ethyl adjacent to an activating group) is 1. The van der Waals surface area contributed by atoms with Gasteiger partial charge in [-0.05, 0) is 64.0 Å². The van der Waals surface area contributed by atoms with Crippen LogP contribution < -0.4 is 5.32 Å². The summed E-state index contributed by atoms with van der Waals surface area (Å²) in [6.07, 6.45) is 14.2. The number of nitrogens with zero attached hydrogens (tertiary/aromatic N) is 1. The van der Waals surface area contributed by atoms with E-state index in [9.17, 15) is 0 Å². The Kier molecular flexibility index (Phi) is 7.53. The van der Waals surface area contributed by atoms with E-state index in [2.05, 4.69) is 31.1 Å². The molecule has 0 aliphatic heterocycles. The molecule has 21 heavy (non-hydrogen) atoms. The average molecular weight is 295 g/mol. The molecule has 2 fully saturated rings. The van der Waals surface area contributed by atoms with Gasteiger partial charge in [0.1, 0.15) is 0 Å². The molecule has 2 aliphatic carbocycles. The molecule has 3 unspecified atom stereocenters. The minimum absolute atomic E-state index is 0.740. The van der Waals surface area contributed by atoms with Gasteiger partial charge in [-0.15, -0.1) is 0 Å². The predicted octanol–water partition coefficient (Wildman–Crippen LogP) is 4.45. The number of hydrogen-bond donors (Lipinski definition) is 1. The van der Waals surface area contributed by atoms with Crippen LogP contribution in [0.4, 0.5) is 0 Å². The maximum Gasteiger partial charge on any atom is 0.0249 e. The molecule has 0 spiro atoms. The molecule has 2 saturated carbocycles. The third-order valence-electron chi connectivity index (χ3n) is 5.87. The van der Waals surface area contributed by atoms with Crippen molar-refractivity contribution < 1.29 is 0 Å². The number of rotatable bonds is 8. The third kappa shape index (κ3) is 5.25. The highest BCUT2D eigenvalue weighted by molar-refractivity contribution is 4.91. The van der Waals surface area contributed by atoms with Crippen molar-refractivity contribution in [3.8, 4) is 0 Å². The van der Waals surface area contributed by atoms with Crippen molar-refractivity contribution in [2.45, 2.75) is 90.1 Å². The van der Waals surface area contributed by atoms with Crippen molar-refractivity contribution in [3.05, 3.63) is 0 Å². The second-order valence-corrected chi connectivity index (χ2v) is 7.69. The lowest BCUT2D eigenvalue weighted by molar-refractivity contribution is 0.103. The molecule has 0 aromatic heterocycles. The van der Waals surface area contributed by atoms with E-state index in [4.69, 9.17) is 0 Å². The van der Waals surface area contributed by atoms with Gasteiger partial charge in [0.25, 0.3) is 0 Å². The normalized spacial score (nSPS) is 31.1. The summed E-state index contributed by atoms with van der Waals surface area (Å²) in [5.41, 5.74) is 0. The van der Waals surface area contributed by atoms with Crippen LogP contribution in [0.15, 0.2) is 0 Å². The van der Waals surface area contributed by atoms with Crippen LogP contribution in [0.1, 0.15) is 78.1 Å². The molecule has 124 valence electrons. The quantitative estimate of drug-likeness (QED) is 0.711. The van der Waals surface area contributed by atoms with Crippen molar-refractivity contribution in [1.82, 2.24) is 10.2 Å². The summed E-state index contributed by atoms with van der Waals surface area (Å²) in [6.45, 7) is 7.16. The molecular formula is C19H38N2. The van der Waals surface area contributed by atoms with Gasteiger partial charge < -0.3 is 10.2 Å². The fourth-order valence-electron chi connectivity index (χ4n) is 4.69. The van der Waals surface area contributed by atoms with Gasteiger partial charge in [-0.1, -0.05) is 39.5 Å². The first-order valence-electron chi connectivity index (χ1n) is 9.68. The van der Waals surface area contributed by atoms with Crippen LogP contribution in [0.5, 0.6) is 0 Å². The predicted molar refractivity (Wildman–Crippen MR) is 92.7 cm³/mol. The van der Waals surface area contributed by atoms with E-state index in [-0.39, 0.29) is 0 Å². The minimum atomic E-state index is 0.740. The highest BCUT2D eigenvalue weighted by atomic mass is 15.2. The number of hydrogen-bond acceptors (Lipinski definition) is 2. The van der Waals surface area contributed by atoms with E-state index in [1.165, 1.54) is 77.3 Å². The molecule has 0 amide bonds. The van der Waals surface area contributed by atoms with E-state index >= 15 is 0 Å². The molecule has 0 bridgehead atoms. The van der Waals surface area contributed by atoms with Crippen molar-refractivity contribution in [1.29, 1.82) is 0 Å². The Morgan fingerprint density at radius 2 is 1.71 bits per heavy atom. The summed E-state index contributed by atoms with van der Waals surface area (Å²) in [5, 5.41) is 3.85. The Hall–Kier alpha value is -0.0800. The molecule has 0 heterocycles. The van der Waals surface area contributed by atoms with Crippen molar-refractivity contribution in [2.75, 3.05) is 20.1 Å². The summed E-state index contributed by atoms with van der Waals surface area (Å²) >= 11 is 0. The zero-order valence-electron chi connectivity index (χ0n) is 14.7. The van der Waals surface area contributed by atoms with E-state index in [0.717, 1.165) is 23.9 Å². The Balaban J connectivity index is 1.90. The van der Waals surface area contributed by atoms with Gasteiger partial charge in [-0.3, -0.25) is 0 Å². The molecule has 0 aromatic carbocycles. The lowest BCUT2D eigenvalue weighted by atomic mass is 9.79. The minimum Gasteiger partial charge on any atom is -0.312 e. The maximum atomic E-state index is 3.85. The monoisotopic (exact) mass is 294 g/mol. The SMILES string of the molecule is CCCNC1CCC(CCC)CC1N(C)CC1CCCC1. The summed E-state index contributed by atoms with van der Waals surface area (Å²) < 4.78 is 0. The van der Waals surface area contributed by atoms with Crippen molar-refractivity contribution in [3.63, 3.8) is 0 Å². The first-order chi connectivity index (χ1) is 10.2. The summed E-state index contributed by atoms with van der Waals surface area (Å²) in [6, 6.07) is 1.52. The molecule has 2 nitrogen and oxygen atoms in total. The van der Waals surface area contributed by atoms with Gasteiger partial charge in [0.15, 0.2) is 0 Å². The average Bonchev–Trinajstić information content (AvgIpc) is 2.99. The molecule has 0 saturated heterocycles. The molecule has 3 atom stereocenters. The fraction of sp³-hybridized carbons (Fsp3) is 1.00. The first-order valence-corrected chi connectivity index (χ1v) is 9.68. The van der Waals surface area contributed by atoms with Crippen LogP contribution >= 0.6 is 0 Å². The van der Waals surface area contributed by atoms with Gasteiger partial charge in [-0.25, -0.2) is 0 Å². The Morgan fingerprint density at radius 1 is 0.952 bits per heavy atom. The van der Waals surface area contributed by atoms with Crippen LogP contribution in [0.25, 0.3) is 0 Å². The summed E-state index contributed by atoms with van der Waals surface area (Å²) in [5.74, 6) is 1.96. The topological polar surface area (TPSA) is 15.3 Å². The van der Waals surface area contributed by atoms with Crippen molar-refractivity contribution in [2.24, 2.45) is 11.8 Å².